The largest absolute Gasteiger partial charge is 0.494 e. The molecule has 8 nitrogen and oxygen atoms in total. The number of amides is 2. The van der Waals surface area contributed by atoms with Crippen LogP contribution in [0.3, 0.4) is 0 Å². The Morgan fingerprint density at radius 2 is 1.76 bits per heavy atom. The van der Waals surface area contributed by atoms with E-state index in [0.29, 0.717) is 30.2 Å². The molecule has 0 fully saturated rings. The molecule has 0 saturated heterocycles. The molecule has 0 atom stereocenters. The zero-order chi connectivity index (χ0) is 21.4. The summed E-state index contributed by atoms with van der Waals surface area (Å²) in [5.41, 5.74) is 6.34. The van der Waals surface area contributed by atoms with E-state index < -0.39 is 15.9 Å². The van der Waals surface area contributed by atoms with Gasteiger partial charge < -0.3 is 15.8 Å². The highest BCUT2D eigenvalue weighted by atomic mass is 32.2. The number of nitrogens with one attached hydrogen (secondary N) is 1. The molecule has 0 aliphatic rings. The molecule has 0 spiro atoms. The van der Waals surface area contributed by atoms with Gasteiger partial charge in [0.25, 0.3) is 5.91 Å². The number of primary amides is 1. The van der Waals surface area contributed by atoms with Crippen molar-refractivity contribution in [1.82, 2.24) is 0 Å². The number of benzene rings is 2. The predicted octanol–water partition coefficient (Wildman–Crippen LogP) is 2.37. The standard InChI is InChI=1S/C20H25N3O5S/c1-3-28-16-12-10-15(11-13-16)23(29(2,26)27)14-6-9-19(24)22-18-8-5-4-7-17(18)20(21)25/h4-5,7-8,10-13H,3,6,9,14H2,1-2H3,(H2,21,25)(H,22,24). The summed E-state index contributed by atoms with van der Waals surface area (Å²) in [7, 11) is -3.52. The molecule has 0 aliphatic heterocycles. The minimum Gasteiger partial charge on any atom is -0.494 e. The molecule has 0 aromatic heterocycles. The van der Waals surface area contributed by atoms with Crippen molar-refractivity contribution < 1.29 is 22.7 Å². The van der Waals surface area contributed by atoms with Crippen molar-refractivity contribution in [3.05, 3.63) is 54.1 Å². The Labute approximate surface area is 170 Å². The van der Waals surface area contributed by atoms with Crippen molar-refractivity contribution in [2.45, 2.75) is 19.8 Å². The van der Waals surface area contributed by atoms with E-state index in [2.05, 4.69) is 5.32 Å². The van der Waals surface area contributed by atoms with E-state index in [0.717, 1.165) is 6.26 Å². The highest BCUT2D eigenvalue weighted by Gasteiger charge is 2.18. The average molecular weight is 420 g/mol. The van der Waals surface area contributed by atoms with Crippen LogP contribution in [0.2, 0.25) is 0 Å². The van der Waals surface area contributed by atoms with Gasteiger partial charge in [0.2, 0.25) is 15.9 Å². The summed E-state index contributed by atoms with van der Waals surface area (Å²) in [5, 5.41) is 2.64. The number of carbonyl (C=O) groups excluding carboxylic acids is 2. The van der Waals surface area contributed by atoms with Gasteiger partial charge in [-0.05, 0) is 49.7 Å². The Hall–Kier alpha value is -3.07. The van der Waals surface area contributed by atoms with Crippen LogP contribution in [0.4, 0.5) is 11.4 Å². The Kier molecular flexibility index (Phi) is 7.60. The lowest BCUT2D eigenvalue weighted by atomic mass is 10.1. The second kappa shape index (κ2) is 9.92. The van der Waals surface area contributed by atoms with Crippen LogP contribution < -0.4 is 20.1 Å². The molecule has 156 valence electrons. The zero-order valence-corrected chi connectivity index (χ0v) is 17.2. The van der Waals surface area contributed by atoms with Gasteiger partial charge in [0.05, 0.1) is 29.8 Å². The van der Waals surface area contributed by atoms with E-state index in [-0.39, 0.29) is 24.4 Å². The second-order valence-electron chi connectivity index (χ2n) is 6.32. The maximum atomic E-state index is 12.2. The summed E-state index contributed by atoms with van der Waals surface area (Å²) in [5.74, 6) is -0.323. The predicted molar refractivity (Wildman–Crippen MR) is 113 cm³/mol. The highest BCUT2D eigenvalue weighted by Crippen LogP contribution is 2.22. The van der Waals surface area contributed by atoms with Crippen molar-refractivity contribution in [1.29, 1.82) is 0 Å². The molecule has 0 saturated carbocycles. The molecule has 0 aliphatic carbocycles. The molecule has 2 rings (SSSR count). The number of carbonyl (C=O) groups is 2. The van der Waals surface area contributed by atoms with Crippen LogP contribution >= 0.6 is 0 Å². The molecule has 0 bridgehead atoms. The van der Waals surface area contributed by atoms with Crippen molar-refractivity contribution in [3.63, 3.8) is 0 Å². The first kappa shape index (κ1) is 22.2. The van der Waals surface area contributed by atoms with Crippen molar-refractivity contribution in [2.75, 3.05) is 29.0 Å². The second-order valence-corrected chi connectivity index (χ2v) is 8.23. The number of ether oxygens (including phenoxy) is 1. The van der Waals surface area contributed by atoms with Crippen LogP contribution in [0, 0.1) is 0 Å². The molecule has 3 N–H and O–H groups in total. The summed E-state index contributed by atoms with van der Waals surface area (Å²) in [4.78, 5) is 23.7. The minimum absolute atomic E-state index is 0.0795. The minimum atomic E-state index is -3.52. The van der Waals surface area contributed by atoms with Crippen LogP contribution in [-0.4, -0.2) is 39.6 Å². The molecule has 9 heteroatoms. The fourth-order valence-electron chi connectivity index (χ4n) is 2.76. The first-order chi connectivity index (χ1) is 13.7. The van der Waals surface area contributed by atoms with Gasteiger partial charge in [0.15, 0.2) is 0 Å². The van der Waals surface area contributed by atoms with Gasteiger partial charge in [-0.2, -0.15) is 0 Å². The molecule has 0 unspecified atom stereocenters. The molecular formula is C20H25N3O5S. The number of sulfonamides is 1. The monoisotopic (exact) mass is 419 g/mol. The highest BCUT2D eigenvalue weighted by molar-refractivity contribution is 7.92. The Morgan fingerprint density at radius 1 is 1.10 bits per heavy atom. The first-order valence-corrected chi connectivity index (χ1v) is 11.0. The van der Waals surface area contributed by atoms with E-state index in [9.17, 15) is 18.0 Å². The van der Waals surface area contributed by atoms with E-state index in [1.54, 1.807) is 42.5 Å². The maximum Gasteiger partial charge on any atom is 0.250 e. The molecule has 0 heterocycles. The van der Waals surface area contributed by atoms with Crippen LogP contribution in [0.25, 0.3) is 0 Å². The normalized spacial score (nSPS) is 11.0. The summed E-state index contributed by atoms with van der Waals surface area (Å²) in [6, 6.07) is 13.2. The van der Waals surface area contributed by atoms with Crippen LogP contribution in [0.1, 0.15) is 30.1 Å². The quantitative estimate of drug-likeness (QED) is 0.613. The smallest absolute Gasteiger partial charge is 0.250 e. The van der Waals surface area contributed by atoms with Gasteiger partial charge in [-0.25, -0.2) is 8.42 Å². The summed E-state index contributed by atoms with van der Waals surface area (Å²) >= 11 is 0. The summed E-state index contributed by atoms with van der Waals surface area (Å²) in [6.07, 6.45) is 1.49. The molecule has 2 aromatic carbocycles. The number of anilines is 2. The number of hydrogen-bond donors (Lipinski definition) is 2. The fourth-order valence-corrected chi connectivity index (χ4v) is 3.73. The van der Waals surface area contributed by atoms with Gasteiger partial charge in [-0.1, -0.05) is 12.1 Å². The lowest BCUT2D eigenvalue weighted by Gasteiger charge is -2.22. The lowest BCUT2D eigenvalue weighted by Crippen LogP contribution is -2.31. The lowest BCUT2D eigenvalue weighted by molar-refractivity contribution is -0.116. The van der Waals surface area contributed by atoms with Crippen molar-refractivity contribution >= 4 is 33.2 Å². The Morgan fingerprint density at radius 3 is 2.34 bits per heavy atom. The summed E-state index contributed by atoms with van der Waals surface area (Å²) in [6.45, 7) is 2.52. The SMILES string of the molecule is CCOc1ccc(N(CCCC(=O)Nc2ccccc2C(N)=O)S(C)(=O)=O)cc1. The number of nitrogens with two attached hydrogens (primary N) is 1. The van der Waals surface area contributed by atoms with E-state index >= 15 is 0 Å². The van der Waals surface area contributed by atoms with Gasteiger partial charge in [-0.3, -0.25) is 13.9 Å². The van der Waals surface area contributed by atoms with Crippen molar-refractivity contribution in [3.8, 4) is 5.75 Å². The maximum absolute atomic E-state index is 12.2. The average Bonchev–Trinajstić information content (AvgIpc) is 2.66. The van der Waals surface area contributed by atoms with Gasteiger partial charge in [-0.15, -0.1) is 0 Å². The molecule has 29 heavy (non-hydrogen) atoms. The number of nitrogens with zero attached hydrogens (tertiary/aromatic N) is 1. The van der Waals surface area contributed by atoms with Crippen LogP contribution in [0.15, 0.2) is 48.5 Å². The van der Waals surface area contributed by atoms with E-state index in [1.807, 2.05) is 6.92 Å². The molecular weight excluding hydrogens is 394 g/mol. The van der Waals surface area contributed by atoms with Gasteiger partial charge in [0, 0.05) is 13.0 Å². The molecule has 2 amide bonds. The van der Waals surface area contributed by atoms with E-state index in [4.69, 9.17) is 10.5 Å². The fraction of sp³-hybridized carbons (Fsp3) is 0.300. The molecule has 0 radical (unpaired) electrons. The summed E-state index contributed by atoms with van der Waals surface area (Å²) < 4.78 is 31.0. The number of para-hydroxylation sites is 1. The number of hydrogen-bond acceptors (Lipinski definition) is 5. The van der Waals surface area contributed by atoms with Gasteiger partial charge in [0.1, 0.15) is 5.75 Å². The number of rotatable bonds is 10. The Balaban J connectivity index is 2.00. The topological polar surface area (TPSA) is 119 Å². The van der Waals surface area contributed by atoms with Crippen LogP contribution in [0.5, 0.6) is 5.75 Å². The Bertz CT molecular complexity index is 958. The van der Waals surface area contributed by atoms with Crippen LogP contribution in [-0.2, 0) is 14.8 Å². The van der Waals surface area contributed by atoms with Crippen molar-refractivity contribution in [2.24, 2.45) is 5.73 Å². The third kappa shape index (κ3) is 6.49. The first-order valence-electron chi connectivity index (χ1n) is 9.11. The molecule has 2 aromatic rings. The third-order valence-electron chi connectivity index (χ3n) is 4.07. The van der Waals surface area contributed by atoms with Gasteiger partial charge >= 0.3 is 0 Å². The zero-order valence-electron chi connectivity index (χ0n) is 16.4. The van der Waals surface area contributed by atoms with E-state index in [1.165, 1.54) is 10.4 Å². The third-order valence-corrected chi connectivity index (χ3v) is 5.26.